The lowest BCUT2D eigenvalue weighted by molar-refractivity contribution is -0.121. The fourth-order valence-corrected chi connectivity index (χ4v) is 3.77. The number of benzene rings is 2. The second-order valence-electron chi connectivity index (χ2n) is 7.89. The highest BCUT2D eigenvalue weighted by Gasteiger charge is 2.20. The van der Waals surface area contributed by atoms with Gasteiger partial charge in [0.2, 0.25) is 11.7 Å². The lowest BCUT2D eigenvalue weighted by Gasteiger charge is -2.13. The molecule has 7 nitrogen and oxygen atoms in total. The Morgan fingerprint density at radius 2 is 1.82 bits per heavy atom. The van der Waals surface area contributed by atoms with E-state index in [0.717, 1.165) is 16.7 Å². The molecule has 0 aliphatic heterocycles. The number of hydrogen-bond acceptors (Lipinski definition) is 5. The molecule has 2 aromatic heterocycles. The second-order valence-corrected chi connectivity index (χ2v) is 8.30. The maximum atomic E-state index is 13.3. The standard InChI is InChI=1S/C25H23ClN4O3/c1-15-8-10-18(11-9-15)23-28-24(33-29-23)22-16(2)12-17(3)30(25(22)32)14-21(31)27-13-19-6-4-5-7-20(19)26/h4-12H,13-14H2,1-3H3,(H,27,31). The first-order chi connectivity index (χ1) is 15.8. The van der Waals surface area contributed by atoms with E-state index in [-0.39, 0.29) is 36.0 Å². The third kappa shape index (κ3) is 4.88. The molecule has 4 rings (SSSR count). The molecular weight excluding hydrogens is 440 g/mol. The molecule has 8 heteroatoms. The number of nitrogens with zero attached hydrogens (tertiary/aromatic N) is 3. The van der Waals surface area contributed by atoms with Crippen LogP contribution < -0.4 is 10.9 Å². The van der Waals surface area contributed by atoms with Gasteiger partial charge in [-0.3, -0.25) is 9.59 Å². The van der Waals surface area contributed by atoms with Gasteiger partial charge in [0, 0.05) is 22.8 Å². The lowest BCUT2D eigenvalue weighted by atomic mass is 10.1. The van der Waals surface area contributed by atoms with E-state index < -0.39 is 0 Å². The lowest BCUT2D eigenvalue weighted by Crippen LogP contribution is -2.34. The van der Waals surface area contributed by atoms with E-state index in [9.17, 15) is 9.59 Å². The Kier molecular flexibility index (Phi) is 6.42. The number of pyridine rings is 1. The highest BCUT2D eigenvalue weighted by molar-refractivity contribution is 6.31. The van der Waals surface area contributed by atoms with E-state index in [0.29, 0.717) is 22.1 Å². The van der Waals surface area contributed by atoms with Crippen LogP contribution in [0.1, 0.15) is 22.4 Å². The first-order valence-electron chi connectivity index (χ1n) is 10.5. The van der Waals surface area contributed by atoms with Crippen molar-refractivity contribution < 1.29 is 9.32 Å². The van der Waals surface area contributed by atoms with Gasteiger partial charge < -0.3 is 14.4 Å². The van der Waals surface area contributed by atoms with Crippen molar-refractivity contribution in [2.45, 2.75) is 33.9 Å². The SMILES string of the molecule is Cc1ccc(-c2noc(-c3c(C)cc(C)n(CC(=O)NCc4ccccc4Cl)c3=O)n2)cc1. The van der Waals surface area contributed by atoms with Gasteiger partial charge in [-0.15, -0.1) is 0 Å². The highest BCUT2D eigenvalue weighted by atomic mass is 35.5. The van der Waals surface area contributed by atoms with Gasteiger partial charge in [-0.2, -0.15) is 4.98 Å². The Morgan fingerprint density at radius 1 is 1.09 bits per heavy atom. The minimum atomic E-state index is -0.362. The molecule has 168 valence electrons. The molecule has 0 aliphatic carbocycles. The van der Waals surface area contributed by atoms with Gasteiger partial charge in [0.25, 0.3) is 11.4 Å². The molecule has 2 heterocycles. The summed E-state index contributed by atoms with van der Waals surface area (Å²) in [6, 6.07) is 16.8. The first-order valence-corrected chi connectivity index (χ1v) is 10.8. The fraction of sp³-hybridized carbons (Fsp3) is 0.200. The van der Waals surface area contributed by atoms with E-state index >= 15 is 0 Å². The number of rotatable bonds is 6. The molecule has 0 radical (unpaired) electrons. The normalized spacial score (nSPS) is 10.9. The van der Waals surface area contributed by atoms with Gasteiger partial charge in [0.15, 0.2) is 0 Å². The maximum Gasteiger partial charge on any atom is 0.264 e. The van der Waals surface area contributed by atoms with Crippen LogP contribution in [0.3, 0.4) is 0 Å². The van der Waals surface area contributed by atoms with Crippen LogP contribution in [0.5, 0.6) is 0 Å². The number of aromatic nitrogens is 3. The summed E-state index contributed by atoms with van der Waals surface area (Å²) in [5.41, 5.74) is 3.99. The molecule has 0 unspecified atom stereocenters. The molecule has 1 amide bonds. The molecule has 0 aliphatic rings. The van der Waals surface area contributed by atoms with Crippen molar-refractivity contribution in [3.8, 4) is 22.8 Å². The van der Waals surface area contributed by atoms with E-state index in [1.807, 2.05) is 55.5 Å². The number of carbonyl (C=O) groups is 1. The molecule has 0 bridgehead atoms. The first kappa shape index (κ1) is 22.5. The Labute approximate surface area is 196 Å². The van der Waals surface area contributed by atoms with Crippen LogP contribution in [0.4, 0.5) is 0 Å². The van der Waals surface area contributed by atoms with Crippen LogP contribution in [0.2, 0.25) is 5.02 Å². The van der Waals surface area contributed by atoms with E-state index in [2.05, 4.69) is 15.5 Å². The van der Waals surface area contributed by atoms with Crippen molar-refractivity contribution in [3.63, 3.8) is 0 Å². The molecule has 1 N–H and O–H groups in total. The topological polar surface area (TPSA) is 90.0 Å². The number of nitrogens with one attached hydrogen (secondary N) is 1. The van der Waals surface area contributed by atoms with Gasteiger partial charge in [0.05, 0.1) is 0 Å². The summed E-state index contributed by atoms with van der Waals surface area (Å²) in [5.74, 6) is 0.215. The van der Waals surface area contributed by atoms with E-state index in [4.69, 9.17) is 16.1 Å². The quantitative estimate of drug-likeness (QED) is 0.457. The Bertz CT molecular complexity index is 1370. The molecule has 0 fully saturated rings. The predicted octanol–water partition coefficient (Wildman–Crippen LogP) is 4.46. The molecular formula is C25H23ClN4O3. The molecule has 0 spiro atoms. The third-order valence-corrected chi connectivity index (χ3v) is 5.76. The van der Waals surface area contributed by atoms with Crippen molar-refractivity contribution in [1.82, 2.24) is 20.0 Å². The van der Waals surface area contributed by atoms with Crippen LogP contribution in [0.25, 0.3) is 22.8 Å². The Morgan fingerprint density at radius 3 is 2.55 bits per heavy atom. The summed E-state index contributed by atoms with van der Waals surface area (Å²) < 4.78 is 6.83. The van der Waals surface area contributed by atoms with Gasteiger partial charge in [-0.1, -0.05) is 64.8 Å². The number of hydrogen-bond donors (Lipinski definition) is 1. The van der Waals surface area contributed by atoms with Crippen LogP contribution in [-0.2, 0) is 17.9 Å². The number of aryl methyl sites for hydroxylation is 3. The number of amides is 1. The Hall–Kier alpha value is -3.71. The van der Waals surface area contributed by atoms with Crippen molar-refractivity contribution in [1.29, 1.82) is 0 Å². The molecule has 4 aromatic rings. The van der Waals surface area contributed by atoms with Crippen LogP contribution >= 0.6 is 11.6 Å². The smallest absolute Gasteiger partial charge is 0.264 e. The third-order valence-electron chi connectivity index (χ3n) is 5.39. The van der Waals surface area contributed by atoms with Gasteiger partial charge in [0.1, 0.15) is 12.1 Å². The monoisotopic (exact) mass is 462 g/mol. The molecule has 0 saturated heterocycles. The number of carbonyl (C=O) groups excluding carboxylic acids is 1. The average molecular weight is 463 g/mol. The largest absolute Gasteiger partial charge is 0.350 e. The molecule has 33 heavy (non-hydrogen) atoms. The molecule has 0 atom stereocenters. The summed E-state index contributed by atoms with van der Waals surface area (Å²) in [4.78, 5) is 30.3. The summed E-state index contributed by atoms with van der Waals surface area (Å²) in [7, 11) is 0. The molecule has 2 aromatic carbocycles. The van der Waals surface area contributed by atoms with Crippen molar-refractivity contribution in [2.24, 2.45) is 0 Å². The maximum absolute atomic E-state index is 13.3. The van der Waals surface area contributed by atoms with Gasteiger partial charge >= 0.3 is 0 Å². The zero-order valence-electron chi connectivity index (χ0n) is 18.6. The highest BCUT2D eigenvalue weighted by Crippen LogP contribution is 2.23. The van der Waals surface area contributed by atoms with Gasteiger partial charge in [-0.25, -0.2) is 0 Å². The van der Waals surface area contributed by atoms with E-state index in [1.165, 1.54) is 4.57 Å². The van der Waals surface area contributed by atoms with Crippen molar-refractivity contribution >= 4 is 17.5 Å². The Balaban J connectivity index is 1.59. The zero-order chi connectivity index (χ0) is 23.5. The fourth-order valence-electron chi connectivity index (χ4n) is 3.56. The second kappa shape index (κ2) is 9.42. The predicted molar refractivity (Wildman–Crippen MR) is 127 cm³/mol. The van der Waals surface area contributed by atoms with Crippen LogP contribution in [0.15, 0.2) is 63.9 Å². The van der Waals surface area contributed by atoms with E-state index in [1.54, 1.807) is 19.9 Å². The minimum absolute atomic E-state index is 0.123. The van der Waals surface area contributed by atoms with Gasteiger partial charge in [-0.05, 0) is 44.0 Å². The summed E-state index contributed by atoms with van der Waals surface area (Å²) in [6.07, 6.45) is 0. The van der Waals surface area contributed by atoms with Crippen LogP contribution in [-0.4, -0.2) is 20.6 Å². The van der Waals surface area contributed by atoms with Crippen molar-refractivity contribution in [3.05, 3.63) is 92.4 Å². The molecule has 0 saturated carbocycles. The summed E-state index contributed by atoms with van der Waals surface area (Å²) in [6.45, 7) is 5.72. The summed E-state index contributed by atoms with van der Waals surface area (Å²) in [5, 5.41) is 7.42. The number of halogens is 1. The summed E-state index contributed by atoms with van der Waals surface area (Å²) >= 11 is 6.15. The average Bonchev–Trinajstić information content (AvgIpc) is 3.26. The van der Waals surface area contributed by atoms with Crippen LogP contribution in [0, 0.1) is 20.8 Å². The van der Waals surface area contributed by atoms with Crippen molar-refractivity contribution in [2.75, 3.05) is 0 Å². The zero-order valence-corrected chi connectivity index (χ0v) is 19.3. The minimum Gasteiger partial charge on any atom is -0.350 e.